The van der Waals surface area contributed by atoms with Gasteiger partial charge in [0.2, 0.25) is 0 Å². The Labute approximate surface area is 120 Å². The molecule has 0 N–H and O–H groups in total. The topological polar surface area (TPSA) is 53.3 Å². The molecule has 0 bridgehead atoms. The van der Waals surface area contributed by atoms with Crippen LogP contribution in [-0.2, 0) is 4.74 Å². The number of hydrogen-bond donors (Lipinski definition) is 0. The van der Waals surface area contributed by atoms with Gasteiger partial charge >= 0.3 is 0 Å². The average Bonchev–Trinajstić information content (AvgIpc) is 2.52. The number of carbonyl (C=O) groups is 1. The molecule has 1 saturated heterocycles. The van der Waals surface area contributed by atoms with Crippen LogP contribution in [0.5, 0.6) is 0 Å². The second-order valence-corrected chi connectivity index (χ2v) is 5.11. The van der Waals surface area contributed by atoms with Crippen LogP contribution in [0.1, 0.15) is 35.7 Å². The van der Waals surface area contributed by atoms with Crippen LogP contribution in [0.25, 0.3) is 0 Å². The summed E-state index contributed by atoms with van der Waals surface area (Å²) in [7, 11) is 0. The zero-order chi connectivity index (χ0) is 14.4. The van der Waals surface area contributed by atoms with Crippen LogP contribution in [0.3, 0.4) is 0 Å². The predicted molar refractivity (Wildman–Crippen MR) is 76.3 cm³/mol. The molecule has 4 heteroatoms. The molecule has 0 aromatic heterocycles. The lowest BCUT2D eigenvalue weighted by Gasteiger charge is -2.32. The van der Waals surface area contributed by atoms with Crippen molar-refractivity contribution in [2.45, 2.75) is 19.8 Å². The van der Waals surface area contributed by atoms with Gasteiger partial charge in [-0.05, 0) is 43.9 Å². The molecule has 1 aromatic rings. The van der Waals surface area contributed by atoms with Crippen molar-refractivity contribution < 1.29 is 9.53 Å². The number of benzene rings is 1. The van der Waals surface area contributed by atoms with Gasteiger partial charge in [0.15, 0.2) is 0 Å². The van der Waals surface area contributed by atoms with Gasteiger partial charge in [-0.15, -0.1) is 0 Å². The second-order valence-electron chi connectivity index (χ2n) is 5.11. The number of nitrogens with zero attached hydrogens (tertiary/aromatic N) is 2. The Hall–Kier alpha value is -1.86. The molecule has 20 heavy (non-hydrogen) atoms. The summed E-state index contributed by atoms with van der Waals surface area (Å²) in [5.41, 5.74) is 1.12. The maximum atomic E-state index is 12.5. The number of nitriles is 1. The van der Waals surface area contributed by atoms with E-state index in [1.807, 2.05) is 11.8 Å². The van der Waals surface area contributed by atoms with E-state index in [0.717, 1.165) is 32.5 Å². The van der Waals surface area contributed by atoms with Gasteiger partial charge in [0.25, 0.3) is 5.91 Å². The summed E-state index contributed by atoms with van der Waals surface area (Å²) in [6, 6.07) is 8.98. The Balaban J connectivity index is 2.02. The van der Waals surface area contributed by atoms with Crippen LogP contribution < -0.4 is 0 Å². The number of likely N-dealkylation sites (tertiary alicyclic amines) is 1. The fourth-order valence-corrected chi connectivity index (χ4v) is 2.57. The Bertz CT molecular complexity index is 507. The van der Waals surface area contributed by atoms with Crippen molar-refractivity contribution in [3.63, 3.8) is 0 Å². The molecule has 1 aromatic carbocycles. The molecule has 4 nitrogen and oxygen atoms in total. The molecule has 1 unspecified atom stereocenters. The molecule has 0 radical (unpaired) electrons. The first-order valence-electron chi connectivity index (χ1n) is 7.11. The van der Waals surface area contributed by atoms with E-state index in [1.54, 1.807) is 24.3 Å². The number of ether oxygens (including phenoxy) is 1. The molecule has 1 amide bonds. The van der Waals surface area contributed by atoms with E-state index in [0.29, 0.717) is 23.7 Å². The lowest BCUT2D eigenvalue weighted by molar-refractivity contribution is 0.0501. The van der Waals surface area contributed by atoms with Crippen molar-refractivity contribution in [1.82, 2.24) is 4.90 Å². The first kappa shape index (κ1) is 14.5. The quantitative estimate of drug-likeness (QED) is 0.846. The molecule has 106 valence electrons. The van der Waals surface area contributed by atoms with E-state index >= 15 is 0 Å². The smallest absolute Gasteiger partial charge is 0.253 e. The van der Waals surface area contributed by atoms with E-state index in [4.69, 9.17) is 10.00 Å². The zero-order valence-electron chi connectivity index (χ0n) is 11.8. The molecule has 0 aliphatic carbocycles. The minimum Gasteiger partial charge on any atom is -0.381 e. The molecule has 1 atom stereocenters. The number of carbonyl (C=O) groups excluding carboxylic acids is 1. The van der Waals surface area contributed by atoms with E-state index in [9.17, 15) is 4.79 Å². The summed E-state index contributed by atoms with van der Waals surface area (Å²) in [5.74, 6) is 0.440. The van der Waals surface area contributed by atoms with Crippen molar-refractivity contribution in [1.29, 1.82) is 5.26 Å². The molecular weight excluding hydrogens is 252 g/mol. The average molecular weight is 272 g/mol. The normalized spacial score (nSPS) is 18.6. The van der Waals surface area contributed by atoms with Gasteiger partial charge in [-0.1, -0.05) is 6.07 Å². The van der Waals surface area contributed by atoms with Crippen LogP contribution in [0, 0.1) is 17.2 Å². The Morgan fingerprint density at radius 3 is 3.15 bits per heavy atom. The standard InChI is InChI=1S/C16H20N2O2/c1-2-20-12-14-6-4-8-18(11-14)16(19)15-7-3-5-13(9-15)10-17/h3,5,7,9,14H,2,4,6,8,11-12H2,1H3. The van der Waals surface area contributed by atoms with Crippen LogP contribution in [-0.4, -0.2) is 37.1 Å². The predicted octanol–water partition coefficient (Wildman–Crippen LogP) is 2.45. The first-order valence-corrected chi connectivity index (χ1v) is 7.11. The van der Waals surface area contributed by atoms with Gasteiger partial charge in [-0.3, -0.25) is 4.79 Å². The lowest BCUT2D eigenvalue weighted by atomic mass is 9.98. The number of rotatable bonds is 4. The Kier molecular flexibility index (Phi) is 5.14. The van der Waals surface area contributed by atoms with Crippen LogP contribution in [0.2, 0.25) is 0 Å². The summed E-state index contributed by atoms with van der Waals surface area (Å²) >= 11 is 0. The third-order valence-electron chi connectivity index (χ3n) is 3.60. The summed E-state index contributed by atoms with van der Waals surface area (Å²) < 4.78 is 5.46. The molecule has 1 fully saturated rings. The fourth-order valence-electron chi connectivity index (χ4n) is 2.57. The summed E-state index contributed by atoms with van der Waals surface area (Å²) in [5, 5.41) is 8.90. The molecule has 0 spiro atoms. The molecule has 2 rings (SSSR count). The second kappa shape index (κ2) is 7.06. The zero-order valence-corrected chi connectivity index (χ0v) is 11.8. The Morgan fingerprint density at radius 2 is 2.40 bits per heavy atom. The van der Waals surface area contributed by atoms with E-state index < -0.39 is 0 Å². The maximum absolute atomic E-state index is 12.5. The van der Waals surface area contributed by atoms with Gasteiger partial charge in [-0.2, -0.15) is 5.26 Å². The third-order valence-corrected chi connectivity index (χ3v) is 3.60. The Morgan fingerprint density at radius 1 is 1.55 bits per heavy atom. The van der Waals surface area contributed by atoms with Crippen molar-refractivity contribution in [3.8, 4) is 6.07 Å². The third kappa shape index (κ3) is 3.58. The highest BCUT2D eigenvalue weighted by molar-refractivity contribution is 5.94. The summed E-state index contributed by atoms with van der Waals surface area (Å²) in [6.45, 7) is 4.96. The van der Waals surface area contributed by atoms with Gasteiger partial charge in [0, 0.05) is 25.3 Å². The van der Waals surface area contributed by atoms with Gasteiger partial charge in [-0.25, -0.2) is 0 Å². The van der Waals surface area contributed by atoms with Crippen LogP contribution >= 0.6 is 0 Å². The number of hydrogen-bond acceptors (Lipinski definition) is 3. The van der Waals surface area contributed by atoms with Crippen molar-refractivity contribution in [2.24, 2.45) is 5.92 Å². The van der Waals surface area contributed by atoms with Crippen LogP contribution in [0.15, 0.2) is 24.3 Å². The highest BCUT2D eigenvalue weighted by Crippen LogP contribution is 2.19. The molecule has 1 aliphatic heterocycles. The summed E-state index contributed by atoms with van der Waals surface area (Å²) in [4.78, 5) is 14.3. The van der Waals surface area contributed by atoms with Crippen molar-refractivity contribution >= 4 is 5.91 Å². The van der Waals surface area contributed by atoms with Gasteiger partial charge in [0.05, 0.1) is 18.2 Å². The first-order chi connectivity index (χ1) is 9.74. The summed E-state index contributed by atoms with van der Waals surface area (Å²) in [6.07, 6.45) is 2.13. The highest BCUT2D eigenvalue weighted by atomic mass is 16.5. The minimum absolute atomic E-state index is 0.0169. The maximum Gasteiger partial charge on any atom is 0.253 e. The van der Waals surface area contributed by atoms with E-state index in [-0.39, 0.29) is 5.91 Å². The lowest BCUT2D eigenvalue weighted by Crippen LogP contribution is -2.41. The molecule has 1 aliphatic rings. The highest BCUT2D eigenvalue weighted by Gasteiger charge is 2.24. The fraction of sp³-hybridized carbons (Fsp3) is 0.500. The van der Waals surface area contributed by atoms with Gasteiger partial charge in [0.1, 0.15) is 0 Å². The van der Waals surface area contributed by atoms with E-state index in [1.165, 1.54) is 0 Å². The van der Waals surface area contributed by atoms with Gasteiger partial charge < -0.3 is 9.64 Å². The molecule has 1 heterocycles. The molecule has 0 saturated carbocycles. The largest absolute Gasteiger partial charge is 0.381 e. The SMILES string of the molecule is CCOCC1CCCN(C(=O)c2cccc(C#N)c2)C1. The van der Waals surface area contributed by atoms with Crippen molar-refractivity contribution in [2.75, 3.05) is 26.3 Å². The number of amides is 1. The number of piperidine rings is 1. The monoisotopic (exact) mass is 272 g/mol. The molecular formula is C16H20N2O2. The minimum atomic E-state index is 0.0169. The van der Waals surface area contributed by atoms with Crippen LogP contribution in [0.4, 0.5) is 0 Å². The van der Waals surface area contributed by atoms with Crippen molar-refractivity contribution in [3.05, 3.63) is 35.4 Å². The van der Waals surface area contributed by atoms with E-state index in [2.05, 4.69) is 6.07 Å².